The SMILES string of the molecule is Cc1ccnc(N2CC3C(C2)C3c2noc(Cn3cnc4cnn(C)c4c3=O)n2)c1. The Morgan fingerprint density at radius 1 is 1.23 bits per heavy atom. The Labute approximate surface area is 171 Å². The van der Waals surface area contributed by atoms with Gasteiger partial charge in [-0.2, -0.15) is 10.1 Å². The van der Waals surface area contributed by atoms with Gasteiger partial charge in [-0.1, -0.05) is 5.16 Å². The number of hydrogen-bond acceptors (Lipinski definition) is 8. The van der Waals surface area contributed by atoms with Crippen LogP contribution in [0, 0.1) is 18.8 Å². The molecule has 10 nitrogen and oxygen atoms in total. The predicted molar refractivity (Wildman–Crippen MR) is 107 cm³/mol. The highest BCUT2D eigenvalue weighted by Gasteiger charge is 2.58. The minimum Gasteiger partial charge on any atom is -0.356 e. The molecule has 0 spiro atoms. The summed E-state index contributed by atoms with van der Waals surface area (Å²) in [7, 11) is 1.72. The summed E-state index contributed by atoms with van der Waals surface area (Å²) in [5.41, 5.74) is 2.07. The number of pyridine rings is 1. The van der Waals surface area contributed by atoms with E-state index in [9.17, 15) is 4.79 Å². The van der Waals surface area contributed by atoms with Crippen LogP contribution in [0.3, 0.4) is 0 Å². The number of fused-ring (bicyclic) bond motifs is 2. The third kappa shape index (κ3) is 2.63. The van der Waals surface area contributed by atoms with Crippen LogP contribution in [0.15, 0.2) is 40.2 Å². The molecule has 1 saturated heterocycles. The van der Waals surface area contributed by atoms with E-state index in [0.717, 1.165) is 24.7 Å². The number of rotatable bonds is 4. The third-order valence-electron chi connectivity index (χ3n) is 6.23. The van der Waals surface area contributed by atoms with Crippen LogP contribution in [0.4, 0.5) is 5.82 Å². The number of nitrogens with zero attached hydrogens (tertiary/aromatic N) is 8. The Balaban J connectivity index is 1.17. The summed E-state index contributed by atoms with van der Waals surface area (Å²) in [6.45, 7) is 4.19. The minimum atomic E-state index is -0.177. The van der Waals surface area contributed by atoms with Crippen molar-refractivity contribution in [2.24, 2.45) is 18.9 Å². The average Bonchev–Trinajstić information content (AvgIpc) is 3.16. The smallest absolute Gasteiger partial charge is 0.279 e. The lowest BCUT2D eigenvalue weighted by atomic mass is 10.2. The van der Waals surface area contributed by atoms with Crippen LogP contribution in [0.2, 0.25) is 0 Å². The summed E-state index contributed by atoms with van der Waals surface area (Å²) in [5, 5.41) is 8.28. The van der Waals surface area contributed by atoms with E-state index < -0.39 is 0 Å². The Morgan fingerprint density at radius 3 is 2.87 bits per heavy atom. The molecular weight excluding hydrogens is 384 g/mol. The molecule has 1 saturated carbocycles. The van der Waals surface area contributed by atoms with Crippen LogP contribution >= 0.6 is 0 Å². The topological polar surface area (TPSA) is 108 Å². The fourth-order valence-electron chi connectivity index (χ4n) is 4.60. The number of aromatic nitrogens is 7. The molecule has 2 atom stereocenters. The lowest BCUT2D eigenvalue weighted by Gasteiger charge is -2.20. The van der Waals surface area contributed by atoms with Crippen LogP contribution in [0.25, 0.3) is 11.0 Å². The van der Waals surface area contributed by atoms with E-state index in [1.165, 1.54) is 21.1 Å². The quantitative estimate of drug-likeness (QED) is 0.498. The van der Waals surface area contributed by atoms with E-state index in [1.54, 1.807) is 13.2 Å². The van der Waals surface area contributed by atoms with Gasteiger partial charge in [0, 0.05) is 32.3 Å². The van der Waals surface area contributed by atoms with Crippen molar-refractivity contribution in [2.45, 2.75) is 19.4 Å². The molecule has 0 N–H and O–H groups in total. The van der Waals surface area contributed by atoms with Crippen molar-refractivity contribution in [3.05, 3.63) is 58.5 Å². The molecule has 2 fully saturated rings. The summed E-state index contributed by atoms with van der Waals surface area (Å²) < 4.78 is 8.44. The molecule has 1 aliphatic carbocycles. The monoisotopic (exact) mass is 404 g/mol. The van der Waals surface area contributed by atoms with Crippen molar-refractivity contribution in [1.29, 1.82) is 0 Å². The summed E-state index contributed by atoms with van der Waals surface area (Å²) in [6, 6.07) is 4.13. The van der Waals surface area contributed by atoms with Gasteiger partial charge in [0.2, 0.25) is 5.89 Å². The van der Waals surface area contributed by atoms with Gasteiger partial charge in [-0.15, -0.1) is 0 Å². The van der Waals surface area contributed by atoms with Gasteiger partial charge in [0.05, 0.1) is 12.5 Å². The highest BCUT2D eigenvalue weighted by atomic mass is 16.5. The van der Waals surface area contributed by atoms with Gasteiger partial charge in [-0.05, 0) is 36.5 Å². The van der Waals surface area contributed by atoms with E-state index in [1.807, 2.05) is 12.3 Å². The Bertz CT molecular complexity index is 1310. The molecule has 2 aliphatic rings. The lowest BCUT2D eigenvalue weighted by Crippen LogP contribution is -2.24. The third-order valence-corrected chi connectivity index (χ3v) is 6.23. The molecule has 5 heterocycles. The normalized spacial score (nSPS) is 22.6. The molecule has 4 aromatic rings. The van der Waals surface area contributed by atoms with E-state index in [-0.39, 0.29) is 12.1 Å². The van der Waals surface area contributed by atoms with E-state index in [0.29, 0.717) is 34.7 Å². The second kappa shape index (κ2) is 6.22. The van der Waals surface area contributed by atoms with Crippen molar-refractivity contribution < 1.29 is 4.52 Å². The van der Waals surface area contributed by atoms with Gasteiger partial charge in [-0.25, -0.2) is 9.97 Å². The minimum absolute atomic E-state index is 0.177. The van der Waals surface area contributed by atoms with Gasteiger partial charge in [0.1, 0.15) is 17.9 Å². The van der Waals surface area contributed by atoms with Crippen LogP contribution in [0.1, 0.15) is 23.2 Å². The second-order valence-corrected chi connectivity index (χ2v) is 8.18. The maximum absolute atomic E-state index is 12.7. The predicted octanol–water partition coefficient (Wildman–Crippen LogP) is 1.11. The molecule has 0 bridgehead atoms. The molecule has 6 rings (SSSR count). The molecule has 4 aromatic heterocycles. The van der Waals surface area contributed by atoms with Gasteiger partial charge in [0.15, 0.2) is 11.3 Å². The molecule has 0 radical (unpaired) electrons. The average molecular weight is 404 g/mol. The maximum Gasteiger partial charge on any atom is 0.279 e. The Morgan fingerprint density at radius 2 is 2.07 bits per heavy atom. The standard InChI is InChI=1S/C20H20N8O2/c1-11-3-4-21-15(5-11)27-7-12-13(8-27)17(12)19-24-16(30-25-19)9-28-10-22-14-6-23-26(2)18(14)20(28)29/h3-6,10,12-13,17H,7-9H2,1-2H3. The molecule has 10 heteroatoms. The number of piperidine rings is 1. The van der Waals surface area contributed by atoms with Crippen molar-refractivity contribution in [1.82, 2.24) is 34.5 Å². The lowest BCUT2D eigenvalue weighted by molar-refractivity contribution is 0.363. The zero-order valence-corrected chi connectivity index (χ0v) is 16.6. The highest BCUT2D eigenvalue weighted by molar-refractivity contribution is 5.72. The van der Waals surface area contributed by atoms with E-state index in [2.05, 4.69) is 43.1 Å². The van der Waals surface area contributed by atoms with Crippen molar-refractivity contribution in [3.63, 3.8) is 0 Å². The van der Waals surface area contributed by atoms with Crippen LogP contribution in [-0.4, -0.2) is 47.5 Å². The van der Waals surface area contributed by atoms with Gasteiger partial charge >= 0.3 is 0 Å². The largest absolute Gasteiger partial charge is 0.356 e. The Hall–Kier alpha value is -3.56. The fourth-order valence-corrected chi connectivity index (χ4v) is 4.60. The Kier molecular flexibility index (Phi) is 3.59. The first-order valence-electron chi connectivity index (χ1n) is 9.96. The van der Waals surface area contributed by atoms with Crippen molar-refractivity contribution in [3.8, 4) is 0 Å². The van der Waals surface area contributed by atoms with E-state index >= 15 is 0 Å². The van der Waals surface area contributed by atoms with Crippen LogP contribution in [0.5, 0.6) is 0 Å². The molecule has 0 aromatic carbocycles. The fraction of sp³-hybridized carbons (Fsp3) is 0.400. The molecule has 152 valence electrons. The summed E-state index contributed by atoms with van der Waals surface area (Å²) in [5.74, 6) is 3.54. The summed E-state index contributed by atoms with van der Waals surface area (Å²) in [6.07, 6.45) is 4.93. The molecule has 2 unspecified atom stereocenters. The van der Waals surface area contributed by atoms with E-state index in [4.69, 9.17) is 4.52 Å². The van der Waals surface area contributed by atoms with Crippen LogP contribution in [-0.2, 0) is 13.6 Å². The molecule has 30 heavy (non-hydrogen) atoms. The summed E-state index contributed by atoms with van der Waals surface area (Å²) in [4.78, 5) is 28.4. The molecular formula is C20H20N8O2. The van der Waals surface area contributed by atoms with Gasteiger partial charge in [0.25, 0.3) is 5.56 Å². The zero-order valence-electron chi connectivity index (χ0n) is 16.6. The number of anilines is 1. The first-order chi connectivity index (χ1) is 14.6. The van der Waals surface area contributed by atoms with Gasteiger partial charge in [-0.3, -0.25) is 14.0 Å². The highest BCUT2D eigenvalue weighted by Crippen LogP contribution is 2.57. The number of hydrogen-bond donors (Lipinski definition) is 0. The maximum atomic E-state index is 12.7. The molecule has 1 aliphatic heterocycles. The van der Waals surface area contributed by atoms with Crippen molar-refractivity contribution >= 4 is 16.9 Å². The van der Waals surface area contributed by atoms with Crippen LogP contribution < -0.4 is 10.5 Å². The van der Waals surface area contributed by atoms with Crippen molar-refractivity contribution in [2.75, 3.05) is 18.0 Å². The summed E-state index contributed by atoms with van der Waals surface area (Å²) >= 11 is 0. The first-order valence-corrected chi connectivity index (χ1v) is 9.96. The molecule has 0 amide bonds. The van der Waals surface area contributed by atoms with Gasteiger partial charge < -0.3 is 9.42 Å². The zero-order chi connectivity index (χ0) is 20.4. The first kappa shape index (κ1) is 17.3. The number of aryl methyl sites for hydroxylation is 2. The second-order valence-electron chi connectivity index (χ2n) is 8.18.